The van der Waals surface area contributed by atoms with Crippen molar-refractivity contribution in [1.29, 1.82) is 0 Å². The highest BCUT2D eigenvalue weighted by Crippen LogP contribution is 2.06. The van der Waals surface area contributed by atoms with E-state index in [0.29, 0.717) is 0 Å². The Kier molecular flexibility index (Phi) is 10.9. The van der Waals surface area contributed by atoms with Crippen LogP contribution in [0, 0.1) is 0 Å². The van der Waals surface area contributed by atoms with Crippen molar-refractivity contribution < 1.29 is 9.13 Å². The number of aromatic nitrogens is 4. The fourth-order valence-electron chi connectivity index (χ4n) is 2.79. The van der Waals surface area contributed by atoms with Crippen molar-refractivity contribution >= 4 is 0 Å². The van der Waals surface area contributed by atoms with Crippen LogP contribution in [0.4, 0.5) is 0 Å². The lowest BCUT2D eigenvalue weighted by atomic mass is 10.1. The first-order valence-corrected chi connectivity index (χ1v) is 9.72. The highest BCUT2D eigenvalue weighted by molar-refractivity contribution is 4.77. The highest BCUT2D eigenvalue weighted by Gasteiger charge is 2.05. The summed E-state index contributed by atoms with van der Waals surface area (Å²) in [5, 5.41) is 0. The molecule has 0 unspecified atom stereocenters. The van der Waals surface area contributed by atoms with Gasteiger partial charge in [0.25, 0.3) is 11.6 Å². The summed E-state index contributed by atoms with van der Waals surface area (Å²) in [4.78, 5) is 6.47. The number of nitrogens with zero attached hydrogens (tertiary/aromatic N) is 2. The van der Waals surface area contributed by atoms with E-state index in [0.717, 1.165) is 0 Å². The van der Waals surface area contributed by atoms with Crippen molar-refractivity contribution in [3.8, 4) is 0 Å². The number of nitrogens with one attached hydrogen (secondary N) is 2. The zero-order chi connectivity index (χ0) is 17.6. The van der Waals surface area contributed by atoms with Gasteiger partial charge < -0.3 is 0 Å². The molecule has 0 aliphatic heterocycles. The van der Waals surface area contributed by atoms with E-state index >= 15 is 0 Å². The molecule has 0 bridgehead atoms. The molecule has 0 amide bonds. The lowest BCUT2D eigenvalue weighted by molar-refractivity contribution is -0.678. The van der Waals surface area contributed by atoms with E-state index < -0.39 is 0 Å². The molecular formula is C20H38N4+2. The van der Waals surface area contributed by atoms with Gasteiger partial charge in [0.2, 0.25) is 0 Å². The number of aryl methyl sites for hydroxylation is 4. The van der Waals surface area contributed by atoms with Crippen LogP contribution >= 0.6 is 0 Å². The summed E-state index contributed by atoms with van der Waals surface area (Å²) in [5.74, 6) is 2.67. The number of rotatable bonds is 10. The van der Waals surface area contributed by atoms with Crippen molar-refractivity contribution in [1.82, 2.24) is 9.97 Å². The van der Waals surface area contributed by atoms with E-state index in [1.54, 1.807) is 0 Å². The summed E-state index contributed by atoms with van der Waals surface area (Å²) in [5.41, 5.74) is 0. The quantitative estimate of drug-likeness (QED) is 0.488. The van der Waals surface area contributed by atoms with E-state index in [1.165, 1.54) is 75.9 Å². The Hall–Kier alpha value is -1.58. The second-order valence-corrected chi connectivity index (χ2v) is 6.66. The first-order valence-electron chi connectivity index (χ1n) is 9.72. The van der Waals surface area contributed by atoms with Gasteiger partial charge in [-0.3, -0.25) is 0 Å². The van der Waals surface area contributed by atoms with Crippen LogP contribution in [0.1, 0.15) is 76.9 Å². The van der Waals surface area contributed by atoms with Crippen LogP contribution in [0.25, 0.3) is 0 Å². The average Bonchev–Trinajstić information content (AvgIpc) is 3.18. The predicted octanol–water partition coefficient (Wildman–Crippen LogP) is 3.92. The molecule has 0 atom stereocenters. The second kappa shape index (κ2) is 12.8. The molecule has 2 aromatic heterocycles. The molecule has 2 aromatic rings. The van der Waals surface area contributed by atoms with Gasteiger partial charge in [-0.05, 0) is 12.8 Å². The molecular weight excluding hydrogens is 296 g/mol. The third-order valence-corrected chi connectivity index (χ3v) is 4.48. The summed E-state index contributed by atoms with van der Waals surface area (Å²) in [7, 11) is 4.17. The van der Waals surface area contributed by atoms with Crippen molar-refractivity contribution in [3.63, 3.8) is 0 Å². The van der Waals surface area contributed by atoms with Gasteiger partial charge in [0.05, 0.1) is 14.1 Å². The molecule has 0 aliphatic rings. The van der Waals surface area contributed by atoms with Gasteiger partial charge in [0.1, 0.15) is 24.8 Å². The number of hydrogen-bond donors (Lipinski definition) is 2. The minimum atomic E-state index is 1.17. The molecule has 0 fully saturated rings. The van der Waals surface area contributed by atoms with Crippen LogP contribution in [0.2, 0.25) is 0 Å². The van der Waals surface area contributed by atoms with E-state index in [1.807, 2.05) is 18.6 Å². The Morgan fingerprint density at radius 2 is 1.12 bits per heavy atom. The maximum Gasteiger partial charge on any atom is 0.253 e. The summed E-state index contributed by atoms with van der Waals surface area (Å²) < 4.78 is 4.31. The number of imidazole rings is 2. The number of aromatic amines is 2. The van der Waals surface area contributed by atoms with Crippen LogP contribution in [0.3, 0.4) is 0 Å². The third-order valence-electron chi connectivity index (χ3n) is 4.48. The fraction of sp³-hybridized carbons (Fsp3) is 0.700. The minimum absolute atomic E-state index is 1.17. The van der Waals surface area contributed by atoms with Gasteiger partial charge in [-0.15, -0.1) is 0 Å². The first-order chi connectivity index (χ1) is 11.7. The molecule has 0 spiro atoms. The van der Waals surface area contributed by atoms with Crippen molar-refractivity contribution in [2.24, 2.45) is 14.1 Å². The van der Waals surface area contributed by atoms with Crippen LogP contribution in [0.5, 0.6) is 0 Å². The molecule has 0 aromatic carbocycles. The van der Waals surface area contributed by atoms with Gasteiger partial charge in [0.15, 0.2) is 0 Å². The average molecular weight is 335 g/mol. The van der Waals surface area contributed by atoms with Crippen LogP contribution in [0.15, 0.2) is 24.8 Å². The van der Waals surface area contributed by atoms with Crippen LogP contribution in [-0.2, 0) is 26.9 Å². The third kappa shape index (κ3) is 8.32. The predicted molar refractivity (Wildman–Crippen MR) is 99.6 cm³/mol. The molecule has 136 valence electrons. The lowest BCUT2D eigenvalue weighted by Crippen LogP contribution is -2.30. The molecule has 2 N–H and O–H groups in total. The Balaban J connectivity index is 0.000000254. The highest BCUT2D eigenvalue weighted by atomic mass is 15.0. The molecule has 2 rings (SSSR count). The zero-order valence-electron chi connectivity index (χ0n) is 16.3. The summed E-state index contributed by atoms with van der Waals surface area (Å²) in [6.45, 7) is 4.47. The maximum atomic E-state index is 3.27. The molecule has 2 heterocycles. The number of unbranched alkanes of at least 4 members (excludes halogenated alkanes) is 6. The molecule has 0 saturated heterocycles. The van der Waals surface area contributed by atoms with E-state index in [4.69, 9.17) is 0 Å². The summed E-state index contributed by atoms with van der Waals surface area (Å²) in [6, 6.07) is 0. The lowest BCUT2D eigenvalue weighted by Gasteiger charge is -1.98. The van der Waals surface area contributed by atoms with E-state index in [2.05, 4.69) is 53.2 Å². The van der Waals surface area contributed by atoms with Gasteiger partial charge in [-0.2, -0.15) is 0 Å². The fourth-order valence-corrected chi connectivity index (χ4v) is 2.79. The standard InChI is InChI=1S/C12H22N2.C8H14N2/c1-3-4-5-6-7-8-9-12-13-10-11-14(12)2;1-3-4-5-8-9-6-7-10(8)2/h10-11H,3-9H2,1-2H3;6-7H,3-5H2,1-2H3/p+2. The van der Waals surface area contributed by atoms with E-state index in [-0.39, 0.29) is 0 Å². The zero-order valence-corrected chi connectivity index (χ0v) is 16.3. The summed E-state index contributed by atoms with van der Waals surface area (Å²) >= 11 is 0. The van der Waals surface area contributed by atoms with Gasteiger partial charge in [0, 0.05) is 12.8 Å². The number of hydrogen-bond acceptors (Lipinski definition) is 0. The van der Waals surface area contributed by atoms with Crippen LogP contribution < -0.4 is 9.13 Å². The molecule has 4 nitrogen and oxygen atoms in total. The second-order valence-electron chi connectivity index (χ2n) is 6.66. The van der Waals surface area contributed by atoms with Crippen molar-refractivity contribution in [3.05, 3.63) is 36.4 Å². The smallest absolute Gasteiger partial charge is 0.248 e. The van der Waals surface area contributed by atoms with Gasteiger partial charge in [-0.25, -0.2) is 19.1 Å². The van der Waals surface area contributed by atoms with Crippen LogP contribution in [-0.4, -0.2) is 9.97 Å². The van der Waals surface area contributed by atoms with Crippen molar-refractivity contribution in [2.45, 2.75) is 78.1 Å². The van der Waals surface area contributed by atoms with Gasteiger partial charge in [-0.1, -0.05) is 52.4 Å². The minimum Gasteiger partial charge on any atom is -0.248 e. The monoisotopic (exact) mass is 334 g/mol. The maximum absolute atomic E-state index is 3.27. The van der Waals surface area contributed by atoms with Gasteiger partial charge >= 0.3 is 0 Å². The first kappa shape index (κ1) is 20.5. The molecule has 0 radical (unpaired) electrons. The largest absolute Gasteiger partial charge is 0.253 e. The molecule has 0 aliphatic carbocycles. The van der Waals surface area contributed by atoms with Crippen molar-refractivity contribution in [2.75, 3.05) is 0 Å². The molecule has 4 heteroatoms. The molecule has 24 heavy (non-hydrogen) atoms. The Labute approximate surface area is 148 Å². The number of H-pyrrole nitrogens is 2. The normalized spacial score (nSPS) is 10.5. The molecule has 0 saturated carbocycles. The SMILES string of the molecule is CCCCCCCCc1[nH]cc[n+]1C.CCCCc1[nH]cc[n+]1C. The van der Waals surface area contributed by atoms with E-state index in [9.17, 15) is 0 Å². The Bertz CT molecular complexity index is 527. The Morgan fingerprint density at radius 1 is 0.667 bits per heavy atom. The topological polar surface area (TPSA) is 39.3 Å². The Morgan fingerprint density at radius 3 is 1.58 bits per heavy atom. The summed E-state index contributed by atoms with van der Waals surface area (Å²) in [6.07, 6.45) is 21.2.